The fraction of sp³-hybridized carbons (Fsp3) is 0.387. The van der Waals surface area contributed by atoms with Crippen LogP contribution in [0.25, 0.3) is 0 Å². The summed E-state index contributed by atoms with van der Waals surface area (Å²) < 4.78 is 30.9. The second-order valence-electron chi connectivity index (χ2n) is 10.6. The van der Waals surface area contributed by atoms with Gasteiger partial charge in [-0.25, -0.2) is 0 Å². The lowest BCUT2D eigenvalue weighted by molar-refractivity contribution is -0.120. The zero-order chi connectivity index (χ0) is 27.4. The highest BCUT2D eigenvalue weighted by Crippen LogP contribution is 2.38. The fourth-order valence-corrected chi connectivity index (χ4v) is 6.61. The molecule has 1 heterocycles. The molecule has 206 valence electrons. The SMILES string of the molecule is Cc1ccc(S(=O)(=O)OC[C@@H](O)[C@H](c2ccccc2)N2CCc3cc(NC(=O)C4CCCCC4)ccc32)cc1. The van der Waals surface area contributed by atoms with Crippen LogP contribution < -0.4 is 10.2 Å². The van der Waals surface area contributed by atoms with E-state index >= 15 is 0 Å². The molecule has 0 aromatic heterocycles. The zero-order valence-corrected chi connectivity index (χ0v) is 23.1. The second-order valence-corrected chi connectivity index (χ2v) is 12.2. The molecule has 1 fully saturated rings. The van der Waals surface area contributed by atoms with Gasteiger partial charge in [0.05, 0.1) is 17.5 Å². The Bertz CT molecular complexity index is 1390. The van der Waals surface area contributed by atoms with Crippen LogP contribution in [0.5, 0.6) is 0 Å². The van der Waals surface area contributed by atoms with Gasteiger partial charge in [-0.1, -0.05) is 67.3 Å². The van der Waals surface area contributed by atoms with E-state index in [0.29, 0.717) is 6.54 Å². The molecule has 1 saturated carbocycles. The van der Waals surface area contributed by atoms with Crippen molar-refractivity contribution in [2.24, 2.45) is 5.92 Å². The van der Waals surface area contributed by atoms with E-state index in [2.05, 4.69) is 10.2 Å². The quantitative estimate of drug-likeness (QED) is 0.349. The molecule has 0 saturated heterocycles. The van der Waals surface area contributed by atoms with Crippen LogP contribution in [-0.2, 0) is 25.5 Å². The van der Waals surface area contributed by atoms with Crippen molar-refractivity contribution in [3.63, 3.8) is 0 Å². The first-order valence-electron chi connectivity index (χ1n) is 13.7. The van der Waals surface area contributed by atoms with Gasteiger partial charge in [-0.2, -0.15) is 8.42 Å². The van der Waals surface area contributed by atoms with Crippen LogP contribution in [0.2, 0.25) is 0 Å². The Kier molecular flexibility index (Phi) is 8.35. The topological polar surface area (TPSA) is 95.9 Å². The summed E-state index contributed by atoms with van der Waals surface area (Å²) in [6.07, 6.45) is 4.96. The van der Waals surface area contributed by atoms with Crippen LogP contribution in [-0.4, -0.2) is 38.7 Å². The number of carbonyl (C=O) groups is 1. The molecule has 7 nitrogen and oxygen atoms in total. The molecule has 3 aromatic carbocycles. The molecule has 0 radical (unpaired) electrons. The molecule has 8 heteroatoms. The third-order valence-electron chi connectivity index (χ3n) is 7.80. The highest BCUT2D eigenvalue weighted by Gasteiger charge is 2.34. The number of aliphatic hydroxyl groups excluding tert-OH is 1. The van der Waals surface area contributed by atoms with Crippen LogP contribution in [0, 0.1) is 12.8 Å². The lowest BCUT2D eigenvalue weighted by Gasteiger charge is -2.34. The monoisotopic (exact) mass is 548 g/mol. The highest BCUT2D eigenvalue weighted by atomic mass is 32.2. The van der Waals surface area contributed by atoms with Crippen molar-refractivity contribution in [2.75, 3.05) is 23.4 Å². The van der Waals surface area contributed by atoms with Crippen molar-refractivity contribution in [1.29, 1.82) is 0 Å². The minimum absolute atomic E-state index is 0.0610. The summed E-state index contributed by atoms with van der Waals surface area (Å²) >= 11 is 0. The molecule has 0 spiro atoms. The molecule has 2 N–H and O–H groups in total. The van der Waals surface area contributed by atoms with Crippen molar-refractivity contribution in [2.45, 2.75) is 62.5 Å². The Balaban J connectivity index is 1.33. The van der Waals surface area contributed by atoms with Gasteiger partial charge in [0.1, 0.15) is 6.10 Å². The summed E-state index contributed by atoms with van der Waals surface area (Å²) in [5.74, 6) is 0.173. The number of aryl methyl sites for hydroxylation is 1. The summed E-state index contributed by atoms with van der Waals surface area (Å²) in [6.45, 7) is 2.15. The van der Waals surface area contributed by atoms with Crippen molar-refractivity contribution >= 4 is 27.4 Å². The average molecular weight is 549 g/mol. The maximum atomic E-state index is 12.8. The van der Waals surface area contributed by atoms with Crippen molar-refractivity contribution in [1.82, 2.24) is 0 Å². The Morgan fingerprint density at radius 3 is 2.46 bits per heavy atom. The van der Waals surface area contributed by atoms with Crippen LogP contribution in [0.15, 0.2) is 77.7 Å². The van der Waals surface area contributed by atoms with E-state index in [1.807, 2.05) is 55.5 Å². The van der Waals surface area contributed by atoms with E-state index in [-0.39, 0.29) is 23.3 Å². The largest absolute Gasteiger partial charge is 0.388 e. The second kappa shape index (κ2) is 11.9. The van der Waals surface area contributed by atoms with E-state index in [4.69, 9.17) is 4.18 Å². The van der Waals surface area contributed by atoms with E-state index < -0.39 is 22.3 Å². The number of nitrogens with one attached hydrogen (secondary N) is 1. The molecule has 1 aliphatic carbocycles. The highest BCUT2D eigenvalue weighted by molar-refractivity contribution is 7.86. The molecular formula is C31H36N2O5S. The number of hydrogen-bond donors (Lipinski definition) is 2. The minimum Gasteiger partial charge on any atom is -0.388 e. The molecule has 39 heavy (non-hydrogen) atoms. The first-order valence-corrected chi connectivity index (χ1v) is 15.1. The summed E-state index contributed by atoms with van der Waals surface area (Å²) in [4.78, 5) is 14.9. The predicted octanol–water partition coefficient (Wildman–Crippen LogP) is 5.38. The molecule has 1 amide bonds. The maximum absolute atomic E-state index is 12.8. The lowest BCUT2D eigenvalue weighted by atomic mass is 9.88. The Hall–Kier alpha value is -3.20. The van der Waals surface area contributed by atoms with Gasteiger partial charge in [-0.15, -0.1) is 0 Å². The molecule has 0 unspecified atom stereocenters. The van der Waals surface area contributed by atoms with E-state index in [0.717, 1.165) is 60.2 Å². The van der Waals surface area contributed by atoms with Gasteiger partial charge in [0, 0.05) is 23.8 Å². The smallest absolute Gasteiger partial charge is 0.297 e. The maximum Gasteiger partial charge on any atom is 0.297 e. The average Bonchev–Trinajstić information content (AvgIpc) is 3.36. The zero-order valence-electron chi connectivity index (χ0n) is 22.3. The first kappa shape index (κ1) is 27.4. The summed E-state index contributed by atoms with van der Waals surface area (Å²) in [6, 6.07) is 21.4. The number of benzene rings is 3. The third-order valence-corrected chi connectivity index (χ3v) is 9.10. The summed E-state index contributed by atoms with van der Waals surface area (Å²) in [7, 11) is -4.02. The van der Waals surface area contributed by atoms with E-state index in [1.54, 1.807) is 12.1 Å². The lowest BCUT2D eigenvalue weighted by Crippen LogP contribution is -2.38. The number of nitrogens with zero attached hydrogens (tertiary/aromatic N) is 1. The standard InChI is InChI=1S/C31H36N2O5S/c1-22-12-15-27(16-13-22)39(36,37)38-21-29(34)30(23-8-4-2-5-9-23)33-19-18-25-20-26(14-17-28(25)33)32-31(35)24-10-6-3-7-11-24/h2,4-5,8-9,12-17,20,24,29-30,34H,3,6-7,10-11,18-19,21H2,1H3,(H,32,35)/t29-,30+/m1/s1. The van der Waals surface area contributed by atoms with Gasteiger partial charge in [-0.3, -0.25) is 8.98 Å². The number of hydrogen-bond acceptors (Lipinski definition) is 6. The van der Waals surface area contributed by atoms with Gasteiger partial charge in [-0.05, 0) is 67.6 Å². The summed E-state index contributed by atoms with van der Waals surface area (Å²) in [5.41, 5.74) is 4.64. The molecule has 3 aromatic rings. The predicted molar refractivity (Wildman–Crippen MR) is 152 cm³/mol. The third kappa shape index (κ3) is 6.35. The Morgan fingerprint density at radius 1 is 1.03 bits per heavy atom. The van der Waals surface area contributed by atoms with Gasteiger partial charge >= 0.3 is 0 Å². The van der Waals surface area contributed by atoms with E-state index in [9.17, 15) is 18.3 Å². The molecular weight excluding hydrogens is 512 g/mol. The molecule has 2 atom stereocenters. The molecule has 5 rings (SSSR count). The van der Waals surface area contributed by atoms with Gasteiger partial charge < -0.3 is 15.3 Å². The number of rotatable bonds is 9. The molecule has 2 aliphatic rings. The fourth-order valence-electron chi connectivity index (χ4n) is 5.69. The van der Waals surface area contributed by atoms with E-state index in [1.165, 1.54) is 18.6 Å². The normalized spacial score (nSPS) is 17.4. The van der Waals surface area contributed by atoms with Crippen molar-refractivity contribution < 1.29 is 22.5 Å². The number of aliphatic hydroxyl groups is 1. The van der Waals surface area contributed by atoms with Crippen molar-refractivity contribution in [3.05, 3.63) is 89.5 Å². The van der Waals surface area contributed by atoms with Crippen LogP contribution in [0.1, 0.15) is 54.8 Å². The number of amides is 1. The van der Waals surface area contributed by atoms with Gasteiger partial charge in [0.25, 0.3) is 10.1 Å². The summed E-state index contributed by atoms with van der Waals surface area (Å²) in [5, 5.41) is 14.4. The number of fused-ring (bicyclic) bond motifs is 1. The first-order chi connectivity index (χ1) is 18.8. The van der Waals surface area contributed by atoms with Crippen LogP contribution in [0.3, 0.4) is 0 Å². The van der Waals surface area contributed by atoms with Crippen LogP contribution >= 0.6 is 0 Å². The van der Waals surface area contributed by atoms with Crippen molar-refractivity contribution in [3.8, 4) is 0 Å². The van der Waals surface area contributed by atoms with Crippen LogP contribution in [0.4, 0.5) is 11.4 Å². The van der Waals surface area contributed by atoms with Gasteiger partial charge in [0.15, 0.2) is 0 Å². The Labute approximate surface area is 230 Å². The number of anilines is 2. The molecule has 1 aliphatic heterocycles. The van der Waals surface area contributed by atoms with Gasteiger partial charge in [0.2, 0.25) is 5.91 Å². The number of carbonyl (C=O) groups excluding carboxylic acids is 1. The minimum atomic E-state index is -4.02. The Morgan fingerprint density at radius 2 is 1.74 bits per heavy atom. The molecule has 0 bridgehead atoms.